The molecule has 4 heteroatoms. The van der Waals surface area contributed by atoms with Gasteiger partial charge in [0.1, 0.15) is 11.7 Å². The second kappa shape index (κ2) is 4.02. The van der Waals surface area contributed by atoms with Crippen LogP contribution in [0.2, 0.25) is 0 Å². The van der Waals surface area contributed by atoms with E-state index >= 15 is 0 Å². The van der Waals surface area contributed by atoms with Gasteiger partial charge in [-0.25, -0.2) is 0 Å². The molecule has 15 heavy (non-hydrogen) atoms. The number of para-hydroxylation sites is 1. The first-order valence-electron chi connectivity index (χ1n) is 4.76. The van der Waals surface area contributed by atoms with Crippen molar-refractivity contribution < 1.29 is 14.6 Å². The van der Waals surface area contributed by atoms with E-state index in [1.54, 1.807) is 6.07 Å². The van der Waals surface area contributed by atoms with Gasteiger partial charge in [-0.05, 0) is 6.07 Å². The van der Waals surface area contributed by atoms with Crippen LogP contribution in [0.25, 0.3) is 11.0 Å². The molecule has 0 aliphatic carbocycles. The second-order valence-corrected chi connectivity index (χ2v) is 3.44. The van der Waals surface area contributed by atoms with E-state index in [1.807, 2.05) is 18.2 Å². The van der Waals surface area contributed by atoms with Gasteiger partial charge in [-0.3, -0.25) is 0 Å². The van der Waals surface area contributed by atoms with Gasteiger partial charge in [-0.15, -0.1) is 0 Å². The van der Waals surface area contributed by atoms with Crippen LogP contribution < -0.4 is 5.73 Å². The molecule has 0 saturated heterocycles. The Morgan fingerprint density at radius 2 is 2.00 bits per heavy atom. The molecule has 0 bridgehead atoms. The quantitative estimate of drug-likeness (QED) is 0.695. The molecule has 1 heterocycles. The molecule has 4 nitrogen and oxygen atoms in total. The standard InChI is InChI=1S/C11H13NO3/c12-5-9(13)11(14)8-6-15-10-4-2-1-3-7(8)10/h1-4,6,9,11,13-14H,5,12H2. The molecule has 2 atom stereocenters. The van der Waals surface area contributed by atoms with Gasteiger partial charge in [-0.1, -0.05) is 18.2 Å². The number of hydrogen-bond donors (Lipinski definition) is 3. The van der Waals surface area contributed by atoms with Crippen LogP contribution in [-0.4, -0.2) is 22.9 Å². The largest absolute Gasteiger partial charge is 0.464 e. The monoisotopic (exact) mass is 207 g/mol. The van der Waals surface area contributed by atoms with E-state index in [0.29, 0.717) is 11.1 Å². The summed E-state index contributed by atoms with van der Waals surface area (Å²) in [5.41, 5.74) is 6.55. The number of benzene rings is 1. The van der Waals surface area contributed by atoms with Gasteiger partial charge < -0.3 is 20.4 Å². The summed E-state index contributed by atoms with van der Waals surface area (Å²) in [7, 11) is 0. The third-order valence-electron chi connectivity index (χ3n) is 2.44. The van der Waals surface area contributed by atoms with Crippen molar-refractivity contribution in [3.05, 3.63) is 36.1 Å². The predicted octanol–water partition coefficient (Wildman–Crippen LogP) is 0.786. The van der Waals surface area contributed by atoms with Crippen LogP contribution in [0.5, 0.6) is 0 Å². The number of aliphatic hydroxyl groups is 2. The zero-order valence-corrected chi connectivity index (χ0v) is 8.13. The molecule has 2 rings (SSSR count). The number of furan rings is 1. The van der Waals surface area contributed by atoms with Crippen molar-refractivity contribution >= 4 is 11.0 Å². The van der Waals surface area contributed by atoms with E-state index < -0.39 is 12.2 Å². The lowest BCUT2D eigenvalue weighted by Gasteiger charge is -2.14. The van der Waals surface area contributed by atoms with Gasteiger partial charge in [0.05, 0.1) is 12.4 Å². The summed E-state index contributed by atoms with van der Waals surface area (Å²) >= 11 is 0. The molecule has 0 aliphatic rings. The highest BCUT2D eigenvalue weighted by molar-refractivity contribution is 5.81. The minimum atomic E-state index is -1.00. The second-order valence-electron chi connectivity index (χ2n) is 3.44. The summed E-state index contributed by atoms with van der Waals surface area (Å²) in [5.74, 6) is 0. The average molecular weight is 207 g/mol. The first-order chi connectivity index (χ1) is 7.24. The van der Waals surface area contributed by atoms with Crippen LogP contribution in [0.4, 0.5) is 0 Å². The van der Waals surface area contributed by atoms with E-state index in [1.165, 1.54) is 6.26 Å². The summed E-state index contributed by atoms with van der Waals surface area (Å²) in [6.07, 6.45) is -0.515. The SMILES string of the molecule is NCC(O)C(O)c1coc2ccccc12. The maximum atomic E-state index is 9.79. The zero-order valence-electron chi connectivity index (χ0n) is 8.13. The van der Waals surface area contributed by atoms with Crippen LogP contribution in [0.15, 0.2) is 34.9 Å². The number of nitrogens with two attached hydrogens (primary N) is 1. The highest BCUT2D eigenvalue weighted by Crippen LogP contribution is 2.27. The minimum absolute atomic E-state index is 0.0146. The fraction of sp³-hybridized carbons (Fsp3) is 0.273. The van der Waals surface area contributed by atoms with Gasteiger partial charge in [0.15, 0.2) is 0 Å². The summed E-state index contributed by atoms with van der Waals surface area (Å²) in [6, 6.07) is 7.34. The Labute approximate surface area is 86.9 Å². The normalized spacial score (nSPS) is 15.4. The molecule has 2 unspecified atom stereocenters. The number of hydrogen-bond acceptors (Lipinski definition) is 4. The average Bonchev–Trinajstić information content (AvgIpc) is 2.70. The number of aliphatic hydroxyl groups excluding tert-OH is 2. The third-order valence-corrected chi connectivity index (χ3v) is 2.44. The molecular weight excluding hydrogens is 194 g/mol. The Morgan fingerprint density at radius 3 is 2.73 bits per heavy atom. The Kier molecular flexibility index (Phi) is 2.73. The summed E-state index contributed by atoms with van der Waals surface area (Å²) in [5, 5.41) is 20.0. The molecule has 1 aromatic heterocycles. The predicted molar refractivity (Wildman–Crippen MR) is 56.2 cm³/mol. The summed E-state index contributed by atoms with van der Waals surface area (Å²) in [6.45, 7) is 0.0146. The van der Waals surface area contributed by atoms with Gasteiger partial charge in [-0.2, -0.15) is 0 Å². The summed E-state index contributed by atoms with van der Waals surface area (Å²) < 4.78 is 5.25. The lowest BCUT2D eigenvalue weighted by Crippen LogP contribution is -2.26. The Bertz CT molecular complexity index is 452. The lowest BCUT2D eigenvalue weighted by molar-refractivity contribution is 0.0247. The topological polar surface area (TPSA) is 79.6 Å². The van der Waals surface area contributed by atoms with Crippen molar-refractivity contribution in [2.24, 2.45) is 5.73 Å². The van der Waals surface area contributed by atoms with Crippen LogP contribution >= 0.6 is 0 Å². The molecule has 0 saturated carbocycles. The van der Waals surface area contributed by atoms with Gasteiger partial charge in [0, 0.05) is 17.5 Å². The molecule has 2 aromatic rings. The van der Waals surface area contributed by atoms with E-state index in [0.717, 1.165) is 5.39 Å². The minimum Gasteiger partial charge on any atom is -0.464 e. The van der Waals surface area contributed by atoms with Gasteiger partial charge in [0.25, 0.3) is 0 Å². The van der Waals surface area contributed by atoms with Crippen LogP contribution in [0.3, 0.4) is 0 Å². The Hall–Kier alpha value is -1.36. The fourth-order valence-corrected chi connectivity index (χ4v) is 1.56. The summed E-state index contributed by atoms with van der Waals surface area (Å²) in [4.78, 5) is 0. The fourth-order valence-electron chi connectivity index (χ4n) is 1.56. The van der Waals surface area contributed by atoms with Crippen molar-refractivity contribution in [3.63, 3.8) is 0 Å². The molecule has 80 valence electrons. The molecule has 0 spiro atoms. The smallest absolute Gasteiger partial charge is 0.134 e. The Balaban J connectivity index is 2.43. The van der Waals surface area contributed by atoms with Crippen LogP contribution in [0.1, 0.15) is 11.7 Å². The van der Waals surface area contributed by atoms with Crippen LogP contribution in [0, 0.1) is 0 Å². The van der Waals surface area contributed by atoms with E-state index in [4.69, 9.17) is 10.2 Å². The van der Waals surface area contributed by atoms with Gasteiger partial charge in [0.2, 0.25) is 0 Å². The zero-order chi connectivity index (χ0) is 10.8. The van der Waals surface area contributed by atoms with Crippen molar-refractivity contribution in [2.75, 3.05) is 6.54 Å². The van der Waals surface area contributed by atoms with Crippen molar-refractivity contribution in [1.82, 2.24) is 0 Å². The Morgan fingerprint density at radius 1 is 1.27 bits per heavy atom. The molecule has 0 aliphatic heterocycles. The van der Waals surface area contributed by atoms with E-state index in [-0.39, 0.29) is 6.54 Å². The molecule has 4 N–H and O–H groups in total. The van der Waals surface area contributed by atoms with Crippen molar-refractivity contribution in [1.29, 1.82) is 0 Å². The van der Waals surface area contributed by atoms with Crippen molar-refractivity contribution in [3.8, 4) is 0 Å². The van der Waals surface area contributed by atoms with Crippen molar-refractivity contribution in [2.45, 2.75) is 12.2 Å². The molecule has 1 aromatic carbocycles. The molecule has 0 amide bonds. The molecule has 0 fully saturated rings. The molecule has 0 radical (unpaired) electrons. The number of fused-ring (bicyclic) bond motifs is 1. The third kappa shape index (κ3) is 1.74. The van der Waals surface area contributed by atoms with E-state index in [9.17, 15) is 10.2 Å². The van der Waals surface area contributed by atoms with E-state index in [2.05, 4.69) is 0 Å². The highest BCUT2D eigenvalue weighted by Gasteiger charge is 2.20. The van der Waals surface area contributed by atoms with Gasteiger partial charge >= 0.3 is 0 Å². The maximum absolute atomic E-state index is 9.79. The number of rotatable bonds is 3. The molecular formula is C11H13NO3. The first kappa shape index (κ1) is 10.2. The first-order valence-corrected chi connectivity index (χ1v) is 4.76. The maximum Gasteiger partial charge on any atom is 0.134 e. The highest BCUT2D eigenvalue weighted by atomic mass is 16.3. The van der Waals surface area contributed by atoms with Crippen LogP contribution in [-0.2, 0) is 0 Å². The lowest BCUT2D eigenvalue weighted by atomic mass is 10.0.